The monoisotopic (exact) mass is 345 g/mol. The van der Waals surface area contributed by atoms with Crippen LogP contribution in [0.25, 0.3) is 10.9 Å². The van der Waals surface area contributed by atoms with Crippen molar-refractivity contribution in [3.63, 3.8) is 0 Å². The van der Waals surface area contributed by atoms with Crippen molar-refractivity contribution >= 4 is 34.1 Å². The van der Waals surface area contributed by atoms with E-state index in [4.69, 9.17) is 0 Å². The predicted octanol–water partition coefficient (Wildman–Crippen LogP) is 4.08. The first kappa shape index (κ1) is 16.3. The lowest BCUT2D eigenvalue weighted by Gasteiger charge is -2.09. The van der Waals surface area contributed by atoms with Crippen molar-refractivity contribution in [3.05, 3.63) is 66.4 Å². The van der Waals surface area contributed by atoms with Crippen LogP contribution < -0.4 is 10.6 Å². The molecule has 1 aliphatic rings. The smallest absolute Gasteiger partial charge is 0.255 e. The van der Waals surface area contributed by atoms with Crippen LogP contribution in [0.2, 0.25) is 0 Å². The lowest BCUT2D eigenvalue weighted by Crippen LogP contribution is -2.16. The second-order valence-corrected chi connectivity index (χ2v) is 6.76. The summed E-state index contributed by atoms with van der Waals surface area (Å²) in [4.78, 5) is 28.9. The van der Waals surface area contributed by atoms with Gasteiger partial charge in [-0.2, -0.15) is 0 Å². The van der Waals surface area contributed by atoms with E-state index in [0.29, 0.717) is 22.9 Å². The highest BCUT2D eigenvalue weighted by molar-refractivity contribution is 6.06. The van der Waals surface area contributed by atoms with Gasteiger partial charge in [-0.25, -0.2) is 0 Å². The van der Waals surface area contributed by atoms with Crippen LogP contribution in [0.15, 0.2) is 60.8 Å². The summed E-state index contributed by atoms with van der Waals surface area (Å²) in [5.41, 5.74) is 2.64. The lowest BCUT2D eigenvalue weighted by atomic mass is 10.1. The van der Waals surface area contributed by atoms with Crippen LogP contribution in [0.5, 0.6) is 0 Å². The summed E-state index contributed by atoms with van der Waals surface area (Å²) in [5, 5.41) is 6.71. The molecule has 2 amide bonds. The number of amides is 2. The Kier molecular flexibility index (Phi) is 4.13. The highest BCUT2D eigenvalue weighted by atomic mass is 16.2. The molecule has 0 spiro atoms. The molecule has 4 rings (SSSR count). The van der Waals surface area contributed by atoms with E-state index in [1.807, 2.05) is 30.3 Å². The Morgan fingerprint density at radius 2 is 1.81 bits per heavy atom. The molecule has 1 saturated carbocycles. The summed E-state index contributed by atoms with van der Waals surface area (Å²) in [6, 6.07) is 16.6. The standard InChI is InChI=1S/C21H19N3O2/c1-13-9-18(13)21(26)23-16-7-4-6-15(11-16)20(25)24-17-10-14-5-2-3-8-19(14)22-12-17/h2-8,10-13,18H,9H2,1H3,(H,23,26)(H,24,25). The Morgan fingerprint density at radius 3 is 2.62 bits per heavy atom. The molecule has 130 valence electrons. The molecule has 1 aromatic heterocycles. The zero-order valence-electron chi connectivity index (χ0n) is 14.4. The van der Waals surface area contributed by atoms with Crippen molar-refractivity contribution in [2.45, 2.75) is 13.3 Å². The Labute approximate surface area is 151 Å². The van der Waals surface area contributed by atoms with Gasteiger partial charge in [0, 0.05) is 22.6 Å². The van der Waals surface area contributed by atoms with Crippen LogP contribution in [0.1, 0.15) is 23.7 Å². The van der Waals surface area contributed by atoms with Crippen LogP contribution in [-0.4, -0.2) is 16.8 Å². The molecule has 1 fully saturated rings. The quantitative estimate of drug-likeness (QED) is 0.748. The van der Waals surface area contributed by atoms with Crippen LogP contribution in [0.3, 0.4) is 0 Å². The number of carbonyl (C=O) groups excluding carboxylic acids is 2. The highest BCUT2D eigenvalue weighted by Crippen LogP contribution is 2.38. The third-order valence-electron chi connectivity index (χ3n) is 4.69. The molecular weight excluding hydrogens is 326 g/mol. The number of hydrogen-bond donors (Lipinski definition) is 2. The summed E-state index contributed by atoms with van der Waals surface area (Å²) in [6.45, 7) is 2.06. The Bertz CT molecular complexity index is 999. The van der Waals surface area contributed by atoms with Gasteiger partial charge >= 0.3 is 0 Å². The first-order valence-corrected chi connectivity index (χ1v) is 8.67. The number of benzene rings is 2. The number of para-hydroxylation sites is 1. The lowest BCUT2D eigenvalue weighted by molar-refractivity contribution is -0.117. The first-order chi connectivity index (χ1) is 12.6. The maximum Gasteiger partial charge on any atom is 0.255 e. The van der Waals surface area contributed by atoms with Crippen molar-refractivity contribution < 1.29 is 9.59 Å². The van der Waals surface area contributed by atoms with Gasteiger partial charge in [0.15, 0.2) is 0 Å². The SMILES string of the molecule is CC1CC1C(=O)Nc1cccc(C(=O)Nc2cnc3ccccc3c2)c1. The van der Waals surface area contributed by atoms with E-state index in [0.717, 1.165) is 17.3 Å². The van der Waals surface area contributed by atoms with E-state index >= 15 is 0 Å². The van der Waals surface area contributed by atoms with Gasteiger partial charge < -0.3 is 10.6 Å². The van der Waals surface area contributed by atoms with Gasteiger partial charge in [0.25, 0.3) is 5.91 Å². The summed E-state index contributed by atoms with van der Waals surface area (Å²) < 4.78 is 0. The third-order valence-corrected chi connectivity index (χ3v) is 4.69. The minimum absolute atomic E-state index is 0.0220. The number of fused-ring (bicyclic) bond motifs is 1. The minimum Gasteiger partial charge on any atom is -0.326 e. The van der Waals surface area contributed by atoms with E-state index in [2.05, 4.69) is 22.5 Å². The van der Waals surface area contributed by atoms with Crippen LogP contribution >= 0.6 is 0 Å². The van der Waals surface area contributed by atoms with E-state index in [-0.39, 0.29) is 17.7 Å². The van der Waals surface area contributed by atoms with Crippen molar-refractivity contribution in [3.8, 4) is 0 Å². The fourth-order valence-corrected chi connectivity index (χ4v) is 3.00. The third kappa shape index (κ3) is 3.42. The van der Waals surface area contributed by atoms with E-state index in [9.17, 15) is 9.59 Å². The summed E-state index contributed by atoms with van der Waals surface area (Å²) in [5.74, 6) is 0.324. The second kappa shape index (κ2) is 6.59. The van der Waals surface area contributed by atoms with Gasteiger partial charge in [0.05, 0.1) is 17.4 Å². The Morgan fingerprint density at radius 1 is 1.00 bits per heavy atom. The number of carbonyl (C=O) groups is 2. The molecule has 5 heteroatoms. The molecule has 0 saturated heterocycles. The van der Waals surface area contributed by atoms with Gasteiger partial charge in [0.1, 0.15) is 0 Å². The van der Waals surface area contributed by atoms with Crippen LogP contribution in [-0.2, 0) is 4.79 Å². The van der Waals surface area contributed by atoms with Gasteiger partial charge in [-0.3, -0.25) is 14.6 Å². The van der Waals surface area contributed by atoms with Gasteiger partial charge in [-0.05, 0) is 42.7 Å². The number of aromatic nitrogens is 1. The number of rotatable bonds is 4. The van der Waals surface area contributed by atoms with Gasteiger partial charge in [0.2, 0.25) is 5.91 Å². The van der Waals surface area contributed by atoms with Gasteiger partial charge in [-0.15, -0.1) is 0 Å². The molecule has 2 atom stereocenters. The number of nitrogens with zero attached hydrogens (tertiary/aromatic N) is 1. The predicted molar refractivity (Wildman–Crippen MR) is 102 cm³/mol. The fourth-order valence-electron chi connectivity index (χ4n) is 3.00. The molecule has 2 aromatic carbocycles. The largest absolute Gasteiger partial charge is 0.326 e. The van der Waals surface area contributed by atoms with Crippen LogP contribution in [0, 0.1) is 11.8 Å². The molecule has 5 nitrogen and oxygen atoms in total. The summed E-state index contributed by atoms with van der Waals surface area (Å²) in [7, 11) is 0. The average Bonchev–Trinajstić information content (AvgIpc) is 3.39. The topological polar surface area (TPSA) is 71.1 Å². The Hall–Kier alpha value is -3.21. The maximum absolute atomic E-state index is 12.5. The molecule has 0 aliphatic heterocycles. The zero-order valence-corrected chi connectivity index (χ0v) is 14.4. The van der Waals surface area contributed by atoms with Crippen LogP contribution in [0.4, 0.5) is 11.4 Å². The normalized spacial score (nSPS) is 18.3. The number of nitrogens with one attached hydrogen (secondary N) is 2. The molecule has 1 heterocycles. The second-order valence-electron chi connectivity index (χ2n) is 6.76. The van der Waals surface area contributed by atoms with Gasteiger partial charge in [-0.1, -0.05) is 31.2 Å². The van der Waals surface area contributed by atoms with Crippen molar-refractivity contribution in [2.75, 3.05) is 10.6 Å². The molecule has 26 heavy (non-hydrogen) atoms. The Balaban J connectivity index is 1.48. The molecule has 2 unspecified atom stereocenters. The zero-order chi connectivity index (χ0) is 18.1. The average molecular weight is 345 g/mol. The number of anilines is 2. The van der Waals surface area contributed by atoms with Crippen molar-refractivity contribution in [1.29, 1.82) is 0 Å². The molecule has 2 N–H and O–H groups in total. The first-order valence-electron chi connectivity index (χ1n) is 8.67. The van der Waals surface area contributed by atoms with Crippen molar-refractivity contribution in [1.82, 2.24) is 4.98 Å². The van der Waals surface area contributed by atoms with E-state index in [1.165, 1.54) is 0 Å². The summed E-state index contributed by atoms with van der Waals surface area (Å²) in [6.07, 6.45) is 2.57. The summed E-state index contributed by atoms with van der Waals surface area (Å²) >= 11 is 0. The van der Waals surface area contributed by atoms with E-state index < -0.39 is 0 Å². The molecule has 0 radical (unpaired) electrons. The molecule has 3 aromatic rings. The molecule has 1 aliphatic carbocycles. The van der Waals surface area contributed by atoms with E-state index in [1.54, 1.807) is 30.5 Å². The highest BCUT2D eigenvalue weighted by Gasteiger charge is 2.39. The minimum atomic E-state index is -0.238. The van der Waals surface area contributed by atoms with Crippen molar-refractivity contribution in [2.24, 2.45) is 11.8 Å². The number of hydrogen-bond acceptors (Lipinski definition) is 3. The molecular formula is C21H19N3O2. The fraction of sp³-hybridized carbons (Fsp3) is 0.190. The maximum atomic E-state index is 12.5. The number of pyridine rings is 1. The molecule has 0 bridgehead atoms.